The van der Waals surface area contributed by atoms with E-state index < -0.39 is 0 Å². The second-order valence-corrected chi connectivity index (χ2v) is 7.43. The summed E-state index contributed by atoms with van der Waals surface area (Å²) in [5.41, 5.74) is 3.43. The number of ketones is 2. The molecular weight excluding hydrogens is 378 g/mol. The van der Waals surface area contributed by atoms with Crippen molar-refractivity contribution in [1.29, 1.82) is 0 Å². The Morgan fingerprint density at radius 1 is 0.867 bits per heavy atom. The molecule has 0 bridgehead atoms. The van der Waals surface area contributed by atoms with Gasteiger partial charge in [-0.3, -0.25) is 9.59 Å². The molecule has 0 atom stereocenters. The first-order chi connectivity index (χ1) is 14.6. The topological polar surface area (TPSA) is 65.3 Å². The van der Waals surface area contributed by atoms with Gasteiger partial charge in [-0.05, 0) is 41.1 Å². The van der Waals surface area contributed by atoms with Crippen LogP contribution in [-0.4, -0.2) is 16.1 Å². The minimum Gasteiger partial charge on any atom is -0.463 e. The lowest BCUT2D eigenvalue weighted by molar-refractivity contribution is 0.0990. The standard InChI is InChI=1S/C25H15NO4/c1-26-20-12-16(30-23(20)13-21(26)22-7-4-8-29-22)11-19-24(27)17-9-14-5-2-3-6-15(14)10-18(17)25(19)28/h2-13H,1H3. The van der Waals surface area contributed by atoms with Crippen LogP contribution in [0, 0.1) is 0 Å². The highest BCUT2D eigenvalue weighted by molar-refractivity contribution is 6.42. The fraction of sp³-hybridized carbons (Fsp3) is 0.0400. The molecule has 1 aliphatic carbocycles. The number of benzene rings is 2. The summed E-state index contributed by atoms with van der Waals surface area (Å²) < 4.78 is 13.3. The Hall–Kier alpha value is -4.12. The van der Waals surface area contributed by atoms with E-state index in [2.05, 4.69) is 0 Å². The van der Waals surface area contributed by atoms with Crippen molar-refractivity contribution in [3.05, 3.63) is 89.4 Å². The third-order valence-corrected chi connectivity index (χ3v) is 5.67. The van der Waals surface area contributed by atoms with E-state index in [1.807, 2.05) is 60.1 Å². The molecule has 30 heavy (non-hydrogen) atoms. The summed E-state index contributed by atoms with van der Waals surface area (Å²) in [6.45, 7) is 0. The Kier molecular flexibility index (Phi) is 3.33. The van der Waals surface area contributed by atoms with Crippen LogP contribution in [0.2, 0.25) is 0 Å². The zero-order valence-electron chi connectivity index (χ0n) is 16.0. The zero-order chi connectivity index (χ0) is 20.4. The minimum atomic E-state index is -0.266. The average molecular weight is 393 g/mol. The Morgan fingerprint density at radius 3 is 2.17 bits per heavy atom. The molecular formula is C25H15NO4. The van der Waals surface area contributed by atoms with Gasteiger partial charge in [-0.1, -0.05) is 24.3 Å². The molecule has 6 rings (SSSR count). The molecule has 0 radical (unpaired) electrons. The first-order valence-electron chi connectivity index (χ1n) is 9.57. The van der Waals surface area contributed by atoms with Crippen LogP contribution in [0.15, 0.2) is 81.3 Å². The maximum atomic E-state index is 12.9. The molecule has 1 aliphatic rings. The average Bonchev–Trinajstić information content (AvgIpc) is 3.51. The summed E-state index contributed by atoms with van der Waals surface area (Å²) in [7, 11) is 1.92. The van der Waals surface area contributed by atoms with E-state index in [0.29, 0.717) is 22.5 Å². The number of rotatable bonds is 2. The van der Waals surface area contributed by atoms with Crippen LogP contribution in [0.3, 0.4) is 0 Å². The van der Waals surface area contributed by atoms with Gasteiger partial charge in [0.25, 0.3) is 0 Å². The molecule has 0 unspecified atom stereocenters. The normalized spacial score (nSPS) is 13.6. The SMILES string of the molecule is Cn1c(-c2ccco2)cc2oc(C=C3C(=O)c4cc5ccccc5cc4C3=O)cc21. The van der Waals surface area contributed by atoms with E-state index in [1.165, 1.54) is 0 Å². The summed E-state index contributed by atoms with van der Waals surface area (Å²) in [4.78, 5) is 25.9. The van der Waals surface area contributed by atoms with Crippen molar-refractivity contribution in [2.24, 2.45) is 7.05 Å². The van der Waals surface area contributed by atoms with Crippen molar-refractivity contribution >= 4 is 39.5 Å². The number of aryl methyl sites for hydroxylation is 1. The maximum Gasteiger partial charge on any atom is 0.197 e. The predicted octanol–water partition coefficient (Wildman–Crippen LogP) is 5.65. The van der Waals surface area contributed by atoms with Crippen molar-refractivity contribution in [3.63, 3.8) is 0 Å². The van der Waals surface area contributed by atoms with Crippen LogP contribution in [0.5, 0.6) is 0 Å². The summed E-state index contributed by atoms with van der Waals surface area (Å²) in [6, 6.07) is 18.7. The van der Waals surface area contributed by atoms with Crippen molar-refractivity contribution in [3.8, 4) is 11.5 Å². The highest BCUT2D eigenvalue weighted by Crippen LogP contribution is 2.34. The van der Waals surface area contributed by atoms with Gasteiger partial charge in [-0.25, -0.2) is 0 Å². The zero-order valence-corrected chi connectivity index (χ0v) is 16.0. The van der Waals surface area contributed by atoms with Crippen LogP contribution < -0.4 is 0 Å². The Balaban J connectivity index is 1.43. The molecule has 5 nitrogen and oxygen atoms in total. The first-order valence-corrected chi connectivity index (χ1v) is 9.57. The molecule has 0 amide bonds. The Labute approximate surface area is 170 Å². The molecule has 144 valence electrons. The number of hydrogen-bond donors (Lipinski definition) is 0. The lowest BCUT2D eigenvalue weighted by atomic mass is 10.0. The first kappa shape index (κ1) is 16.8. The largest absolute Gasteiger partial charge is 0.463 e. The number of nitrogens with zero attached hydrogens (tertiary/aromatic N) is 1. The number of carbonyl (C=O) groups is 2. The van der Waals surface area contributed by atoms with Crippen LogP contribution in [-0.2, 0) is 7.05 Å². The second-order valence-electron chi connectivity index (χ2n) is 7.43. The Bertz CT molecular complexity index is 1470. The molecule has 0 aliphatic heterocycles. The number of aromatic nitrogens is 1. The second kappa shape index (κ2) is 5.94. The van der Waals surface area contributed by atoms with Gasteiger partial charge >= 0.3 is 0 Å². The summed E-state index contributed by atoms with van der Waals surface area (Å²) in [5.74, 6) is 0.679. The van der Waals surface area contributed by atoms with E-state index in [4.69, 9.17) is 8.83 Å². The summed E-state index contributed by atoms with van der Waals surface area (Å²) >= 11 is 0. The van der Waals surface area contributed by atoms with Crippen molar-refractivity contribution in [1.82, 2.24) is 4.57 Å². The van der Waals surface area contributed by atoms with Gasteiger partial charge in [-0.15, -0.1) is 0 Å². The minimum absolute atomic E-state index is 0.130. The molecule has 0 saturated heterocycles. The van der Waals surface area contributed by atoms with Crippen LogP contribution in [0.1, 0.15) is 26.5 Å². The van der Waals surface area contributed by atoms with Gasteiger partial charge in [0.1, 0.15) is 11.5 Å². The molecule has 0 saturated carbocycles. The van der Waals surface area contributed by atoms with Gasteiger partial charge in [0, 0.05) is 30.3 Å². The summed E-state index contributed by atoms with van der Waals surface area (Å²) in [6.07, 6.45) is 3.17. The summed E-state index contributed by atoms with van der Waals surface area (Å²) in [5, 5.41) is 1.88. The molecule has 5 aromatic rings. The van der Waals surface area contributed by atoms with Gasteiger partial charge in [0.15, 0.2) is 17.1 Å². The molecule has 0 fully saturated rings. The highest BCUT2D eigenvalue weighted by atomic mass is 16.3. The number of allylic oxidation sites excluding steroid dienone is 1. The van der Waals surface area contributed by atoms with Crippen LogP contribution in [0.25, 0.3) is 39.4 Å². The van der Waals surface area contributed by atoms with Gasteiger partial charge in [-0.2, -0.15) is 0 Å². The lowest BCUT2D eigenvalue weighted by Crippen LogP contribution is -1.99. The maximum absolute atomic E-state index is 12.9. The number of Topliss-reactive ketones (excluding diaryl/α,β-unsaturated/α-hetero) is 2. The van der Waals surface area contributed by atoms with Crippen LogP contribution in [0.4, 0.5) is 0 Å². The monoisotopic (exact) mass is 393 g/mol. The molecule has 0 N–H and O–H groups in total. The molecule has 2 aromatic carbocycles. The smallest absolute Gasteiger partial charge is 0.197 e. The number of furan rings is 2. The number of carbonyl (C=O) groups excluding carboxylic acids is 2. The molecule has 3 heterocycles. The van der Waals surface area contributed by atoms with Crippen LogP contribution >= 0.6 is 0 Å². The lowest BCUT2D eigenvalue weighted by Gasteiger charge is -2.00. The number of fused-ring (bicyclic) bond motifs is 3. The van der Waals surface area contributed by atoms with E-state index in [1.54, 1.807) is 24.5 Å². The third kappa shape index (κ3) is 2.29. The Morgan fingerprint density at radius 2 is 1.57 bits per heavy atom. The van der Waals surface area contributed by atoms with Gasteiger partial charge in [0.05, 0.1) is 23.0 Å². The predicted molar refractivity (Wildman–Crippen MR) is 113 cm³/mol. The van der Waals surface area contributed by atoms with E-state index >= 15 is 0 Å². The third-order valence-electron chi connectivity index (χ3n) is 5.67. The van der Waals surface area contributed by atoms with Crippen molar-refractivity contribution in [2.75, 3.05) is 0 Å². The van der Waals surface area contributed by atoms with E-state index in [9.17, 15) is 9.59 Å². The van der Waals surface area contributed by atoms with E-state index in [0.717, 1.165) is 27.7 Å². The number of hydrogen-bond acceptors (Lipinski definition) is 4. The fourth-order valence-corrected chi connectivity index (χ4v) is 4.15. The van der Waals surface area contributed by atoms with Crippen molar-refractivity contribution in [2.45, 2.75) is 0 Å². The molecule has 3 aromatic heterocycles. The van der Waals surface area contributed by atoms with Gasteiger partial charge < -0.3 is 13.4 Å². The fourth-order valence-electron chi connectivity index (χ4n) is 4.15. The van der Waals surface area contributed by atoms with Gasteiger partial charge in [0.2, 0.25) is 0 Å². The molecule has 5 heteroatoms. The quantitative estimate of drug-likeness (QED) is 0.287. The molecule has 0 spiro atoms. The van der Waals surface area contributed by atoms with Crippen molar-refractivity contribution < 1.29 is 18.4 Å². The highest BCUT2D eigenvalue weighted by Gasteiger charge is 2.33. The van der Waals surface area contributed by atoms with E-state index in [-0.39, 0.29) is 17.1 Å².